The van der Waals surface area contributed by atoms with E-state index in [9.17, 15) is 14.4 Å². The Hall–Kier alpha value is -3.55. The van der Waals surface area contributed by atoms with Gasteiger partial charge in [-0.05, 0) is 43.2 Å². The minimum absolute atomic E-state index is 0.00657. The molecule has 0 spiro atoms. The van der Waals surface area contributed by atoms with Crippen LogP contribution in [0.4, 0.5) is 11.4 Å². The molecule has 1 N–H and O–H groups in total. The maximum atomic E-state index is 12.5. The van der Waals surface area contributed by atoms with Gasteiger partial charge in [-0.25, -0.2) is 0 Å². The molecule has 1 heterocycles. The average molecular weight is 426 g/mol. The SMILES string of the molecule is COc1ccc(N2C[C@H](C(=O)OCC(=O)Nc3cccc(C)c3C)CC2=O)c(OC)c1. The molecule has 0 saturated carbocycles. The van der Waals surface area contributed by atoms with Crippen molar-refractivity contribution in [3.05, 3.63) is 47.5 Å². The average Bonchev–Trinajstić information content (AvgIpc) is 3.16. The zero-order valence-electron chi connectivity index (χ0n) is 18.1. The number of carbonyl (C=O) groups excluding carboxylic acids is 3. The fourth-order valence-electron chi connectivity index (χ4n) is 3.43. The van der Waals surface area contributed by atoms with E-state index in [2.05, 4.69) is 5.32 Å². The molecule has 0 bridgehead atoms. The van der Waals surface area contributed by atoms with E-state index in [1.165, 1.54) is 19.1 Å². The highest BCUT2D eigenvalue weighted by atomic mass is 16.5. The van der Waals surface area contributed by atoms with Crippen LogP contribution in [0.3, 0.4) is 0 Å². The number of amides is 2. The Balaban J connectivity index is 1.59. The summed E-state index contributed by atoms with van der Waals surface area (Å²) in [6.07, 6.45) is 0.00657. The van der Waals surface area contributed by atoms with Crippen LogP contribution in [0.2, 0.25) is 0 Å². The van der Waals surface area contributed by atoms with E-state index >= 15 is 0 Å². The van der Waals surface area contributed by atoms with Crippen LogP contribution in [0.1, 0.15) is 17.5 Å². The predicted molar refractivity (Wildman–Crippen MR) is 116 cm³/mol. The lowest BCUT2D eigenvalue weighted by Crippen LogP contribution is -2.28. The van der Waals surface area contributed by atoms with Gasteiger partial charge < -0.3 is 24.4 Å². The van der Waals surface area contributed by atoms with E-state index in [1.54, 1.807) is 24.3 Å². The maximum Gasteiger partial charge on any atom is 0.311 e. The summed E-state index contributed by atoms with van der Waals surface area (Å²) >= 11 is 0. The van der Waals surface area contributed by atoms with Crippen molar-refractivity contribution in [3.8, 4) is 11.5 Å². The van der Waals surface area contributed by atoms with Crippen molar-refractivity contribution in [2.75, 3.05) is 37.6 Å². The van der Waals surface area contributed by atoms with Crippen LogP contribution in [0.25, 0.3) is 0 Å². The number of ether oxygens (including phenoxy) is 3. The highest BCUT2D eigenvalue weighted by Crippen LogP contribution is 2.36. The summed E-state index contributed by atoms with van der Waals surface area (Å²) in [7, 11) is 3.04. The molecule has 164 valence electrons. The molecule has 2 aromatic rings. The van der Waals surface area contributed by atoms with Gasteiger partial charge in [-0.15, -0.1) is 0 Å². The fraction of sp³-hybridized carbons (Fsp3) is 0.348. The van der Waals surface area contributed by atoms with Crippen molar-refractivity contribution in [2.45, 2.75) is 20.3 Å². The van der Waals surface area contributed by atoms with Gasteiger partial charge in [-0.2, -0.15) is 0 Å². The van der Waals surface area contributed by atoms with Crippen LogP contribution in [-0.2, 0) is 19.1 Å². The van der Waals surface area contributed by atoms with Crippen LogP contribution in [0.15, 0.2) is 36.4 Å². The van der Waals surface area contributed by atoms with Crippen LogP contribution in [0.5, 0.6) is 11.5 Å². The van der Waals surface area contributed by atoms with Gasteiger partial charge in [0.2, 0.25) is 5.91 Å². The van der Waals surface area contributed by atoms with Crippen LogP contribution >= 0.6 is 0 Å². The summed E-state index contributed by atoms with van der Waals surface area (Å²) in [5.74, 6) is -0.828. The number of aryl methyl sites for hydroxylation is 1. The first-order chi connectivity index (χ1) is 14.8. The number of hydrogen-bond acceptors (Lipinski definition) is 6. The molecule has 2 aromatic carbocycles. The molecule has 1 saturated heterocycles. The lowest BCUT2D eigenvalue weighted by atomic mass is 10.1. The van der Waals surface area contributed by atoms with Gasteiger partial charge >= 0.3 is 5.97 Å². The molecule has 0 aromatic heterocycles. The molecule has 1 atom stereocenters. The summed E-state index contributed by atoms with van der Waals surface area (Å²) in [6, 6.07) is 10.7. The third-order valence-corrected chi connectivity index (χ3v) is 5.36. The van der Waals surface area contributed by atoms with Gasteiger partial charge in [0.05, 0.1) is 25.8 Å². The van der Waals surface area contributed by atoms with E-state index in [0.717, 1.165) is 11.1 Å². The molecule has 8 heteroatoms. The lowest BCUT2D eigenvalue weighted by Gasteiger charge is -2.20. The summed E-state index contributed by atoms with van der Waals surface area (Å²) in [5, 5.41) is 2.74. The molecule has 2 amide bonds. The number of esters is 1. The van der Waals surface area contributed by atoms with Crippen molar-refractivity contribution in [2.24, 2.45) is 5.92 Å². The minimum atomic E-state index is -0.659. The van der Waals surface area contributed by atoms with E-state index in [-0.39, 0.29) is 18.9 Å². The standard InChI is InChI=1S/C23H26N2O6/c1-14-6-5-7-18(15(14)2)24-21(26)13-31-23(28)16-10-22(27)25(12-16)19-9-8-17(29-3)11-20(19)30-4/h5-9,11,16H,10,12-13H2,1-4H3,(H,24,26)/t16-/m1/s1. The molecule has 1 aliphatic heterocycles. The third kappa shape index (κ3) is 4.96. The predicted octanol–water partition coefficient (Wildman–Crippen LogP) is 2.86. The number of nitrogens with zero attached hydrogens (tertiary/aromatic N) is 1. The maximum absolute atomic E-state index is 12.5. The highest BCUT2D eigenvalue weighted by molar-refractivity contribution is 6.01. The van der Waals surface area contributed by atoms with Crippen molar-refractivity contribution in [1.82, 2.24) is 0 Å². The zero-order chi connectivity index (χ0) is 22.5. The number of anilines is 2. The smallest absolute Gasteiger partial charge is 0.311 e. The first-order valence-corrected chi connectivity index (χ1v) is 9.89. The number of methoxy groups -OCH3 is 2. The normalized spacial score (nSPS) is 15.5. The molecular weight excluding hydrogens is 400 g/mol. The Labute approximate surface area is 181 Å². The van der Waals surface area contributed by atoms with Gasteiger partial charge in [0.15, 0.2) is 6.61 Å². The van der Waals surface area contributed by atoms with Gasteiger partial charge in [0.25, 0.3) is 5.91 Å². The Morgan fingerprint density at radius 1 is 1.13 bits per heavy atom. The first-order valence-electron chi connectivity index (χ1n) is 9.89. The van der Waals surface area contributed by atoms with Crippen molar-refractivity contribution in [3.63, 3.8) is 0 Å². The number of rotatable bonds is 7. The molecule has 0 unspecified atom stereocenters. The first kappa shape index (κ1) is 22.1. The quantitative estimate of drug-likeness (QED) is 0.685. The fourth-order valence-corrected chi connectivity index (χ4v) is 3.43. The van der Waals surface area contributed by atoms with Gasteiger partial charge in [0, 0.05) is 24.7 Å². The van der Waals surface area contributed by atoms with E-state index in [1.807, 2.05) is 26.0 Å². The van der Waals surface area contributed by atoms with E-state index < -0.39 is 24.4 Å². The summed E-state index contributed by atoms with van der Waals surface area (Å²) < 4.78 is 15.7. The molecular formula is C23H26N2O6. The third-order valence-electron chi connectivity index (χ3n) is 5.36. The molecule has 3 rings (SSSR count). The molecule has 31 heavy (non-hydrogen) atoms. The second-order valence-electron chi connectivity index (χ2n) is 7.35. The number of benzene rings is 2. The minimum Gasteiger partial charge on any atom is -0.497 e. The molecule has 1 aliphatic rings. The number of nitrogens with one attached hydrogen (secondary N) is 1. The second-order valence-corrected chi connectivity index (χ2v) is 7.35. The van der Waals surface area contributed by atoms with Gasteiger partial charge in [-0.3, -0.25) is 14.4 Å². The largest absolute Gasteiger partial charge is 0.497 e. The summed E-state index contributed by atoms with van der Waals surface area (Å²) in [6.45, 7) is 3.59. The molecule has 0 aliphatic carbocycles. The van der Waals surface area contributed by atoms with Crippen molar-refractivity contribution < 1.29 is 28.6 Å². The Morgan fingerprint density at radius 2 is 1.90 bits per heavy atom. The van der Waals surface area contributed by atoms with Crippen LogP contribution in [-0.4, -0.2) is 45.2 Å². The summed E-state index contributed by atoms with van der Waals surface area (Å²) in [4.78, 5) is 38.7. The lowest BCUT2D eigenvalue weighted by molar-refractivity contribution is -0.151. The topological polar surface area (TPSA) is 94.2 Å². The Bertz CT molecular complexity index is 1000. The molecule has 8 nitrogen and oxygen atoms in total. The number of carbonyl (C=O) groups is 3. The Morgan fingerprint density at radius 3 is 2.61 bits per heavy atom. The van der Waals surface area contributed by atoms with Crippen LogP contribution in [0, 0.1) is 19.8 Å². The Kier molecular flexibility index (Phi) is 6.79. The second kappa shape index (κ2) is 9.51. The van der Waals surface area contributed by atoms with E-state index in [4.69, 9.17) is 14.2 Å². The summed E-state index contributed by atoms with van der Waals surface area (Å²) in [5.41, 5.74) is 3.23. The van der Waals surface area contributed by atoms with Crippen molar-refractivity contribution >= 4 is 29.2 Å². The number of hydrogen-bond donors (Lipinski definition) is 1. The monoisotopic (exact) mass is 426 g/mol. The highest BCUT2D eigenvalue weighted by Gasteiger charge is 2.37. The van der Waals surface area contributed by atoms with E-state index in [0.29, 0.717) is 22.9 Å². The molecule has 1 fully saturated rings. The molecule has 0 radical (unpaired) electrons. The van der Waals surface area contributed by atoms with Crippen LogP contribution < -0.4 is 19.7 Å². The van der Waals surface area contributed by atoms with Gasteiger partial charge in [-0.1, -0.05) is 12.1 Å². The zero-order valence-corrected chi connectivity index (χ0v) is 18.1. The van der Waals surface area contributed by atoms with Gasteiger partial charge in [0.1, 0.15) is 11.5 Å². The van der Waals surface area contributed by atoms with Crippen molar-refractivity contribution in [1.29, 1.82) is 0 Å².